The summed E-state index contributed by atoms with van der Waals surface area (Å²) in [4.78, 5) is 47.6. The van der Waals surface area contributed by atoms with Crippen molar-refractivity contribution in [3.63, 3.8) is 0 Å². The first-order valence-corrected chi connectivity index (χ1v) is 10.9. The van der Waals surface area contributed by atoms with Crippen LogP contribution in [0.2, 0.25) is 0 Å². The molecule has 2 heterocycles. The summed E-state index contributed by atoms with van der Waals surface area (Å²) in [6.07, 6.45) is 5.65. The van der Waals surface area contributed by atoms with E-state index in [0.29, 0.717) is 12.1 Å². The number of fused-ring (bicyclic) bond motifs is 1. The van der Waals surface area contributed by atoms with Gasteiger partial charge in [0.25, 0.3) is 0 Å². The van der Waals surface area contributed by atoms with Gasteiger partial charge in [-0.15, -0.1) is 0 Å². The second-order valence-electron chi connectivity index (χ2n) is 8.22. The molecule has 0 radical (unpaired) electrons. The van der Waals surface area contributed by atoms with Gasteiger partial charge in [0.05, 0.1) is 12.4 Å². The van der Waals surface area contributed by atoms with Crippen LogP contribution < -0.4 is 16.4 Å². The van der Waals surface area contributed by atoms with Gasteiger partial charge in [-0.1, -0.05) is 38.5 Å². The lowest BCUT2D eigenvalue weighted by Gasteiger charge is -2.24. The summed E-state index contributed by atoms with van der Waals surface area (Å²) in [5.41, 5.74) is 8.30. The van der Waals surface area contributed by atoms with Gasteiger partial charge in [-0.2, -0.15) is 0 Å². The van der Waals surface area contributed by atoms with Crippen LogP contribution >= 0.6 is 0 Å². The van der Waals surface area contributed by atoms with Gasteiger partial charge in [-0.25, -0.2) is 9.78 Å². The summed E-state index contributed by atoms with van der Waals surface area (Å²) in [5.74, 6) is -2.32. The predicted octanol–water partition coefficient (Wildman–Crippen LogP) is 1.10. The first kappa shape index (κ1) is 24.0. The fourth-order valence-electron chi connectivity index (χ4n) is 3.60. The van der Waals surface area contributed by atoms with Crippen molar-refractivity contribution in [3.8, 4) is 0 Å². The zero-order valence-corrected chi connectivity index (χ0v) is 18.7. The number of aliphatic carboxylic acids is 1. The third-order valence-corrected chi connectivity index (χ3v) is 5.89. The number of imidazole rings is 1. The van der Waals surface area contributed by atoms with Crippen LogP contribution in [-0.2, 0) is 27.2 Å². The number of carboxylic acids is 1. The Kier molecular flexibility index (Phi) is 7.83. The summed E-state index contributed by atoms with van der Waals surface area (Å²) in [6.45, 7) is 3.78. The number of carbonyl (C=O) groups excluding carboxylic acids is 2. The number of H-pyrrole nitrogens is 2. The van der Waals surface area contributed by atoms with E-state index in [4.69, 9.17) is 5.73 Å². The highest BCUT2D eigenvalue weighted by Crippen LogP contribution is 2.19. The molecule has 1 aromatic carbocycles. The van der Waals surface area contributed by atoms with Crippen molar-refractivity contribution in [2.75, 3.05) is 0 Å². The van der Waals surface area contributed by atoms with Crippen molar-refractivity contribution in [2.45, 2.75) is 51.2 Å². The van der Waals surface area contributed by atoms with E-state index in [-0.39, 0.29) is 18.8 Å². The molecule has 3 rings (SSSR count). The number of nitrogens with two attached hydrogens (primary N) is 1. The van der Waals surface area contributed by atoms with E-state index in [1.165, 1.54) is 6.33 Å². The van der Waals surface area contributed by atoms with Crippen molar-refractivity contribution >= 4 is 28.7 Å². The molecule has 0 saturated carbocycles. The van der Waals surface area contributed by atoms with E-state index < -0.39 is 35.9 Å². The van der Waals surface area contributed by atoms with Gasteiger partial charge in [-0.3, -0.25) is 9.59 Å². The Morgan fingerprint density at radius 1 is 1.09 bits per heavy atom. The molecule has 7 N–H and O–H groups in total. The molecule has 0 aliphatic carbocycles. The summed E-state index contributed by atoms with van der Waals surface area (Å²) in [5, 5.41) is 15.9. The molecule has 33 heavy (non-hydrogen) atoms. The Bertz CT molecular complexity index is 1090. The van der Waals surface area contributed by atoms with Crippen LogP contribution in [0.15, 0.2) is 43.0 Å². The molecule has 0 fully saturated rings. The van der Waals surface area contributed by atoms with Gasteiger partial charge in [0.2, 0.25) is 11.8 Å². The lowest BCUT2D eigenvalue weighted by atomic mass is 9.98. The highest BCUT2D eigenvalue weighted by atomic mass is 16.4. The average Bonchev–Trinajstić information content (AvgIpc) is 3.47. The number of para-hydroxylation sites is 1. The Hall–Kier alpha value is -3.66. The van der Waals surface area contributed by atoms with Crippen LogP contribution in [0.1, 0.15) is 31.5 Å². The molecule has 0 unspecified atom stereocenters. The lowest BCUT2D eigenvalue weighted by molar-refractivity contribution is -0.142. The third-order valence-electron chi connectivity index (χ3n) is 5.89. The average molecular weight is 455 g/mol. The number of rotatable bonds is 11. The third kappa shape index (κ3) is 5.98. The molecule has 0 bridgehead atoms. The molecule has 0 saturated heterocycles. The minimum atomic E-state index is -1.18. The number of carbonyl (C=O) groups is 3. The first-order valence-electron chi connectivity index (χ1n) is 10.9. The Balaban J connectivity index is 1.76. The van der Waals surface area contributed by atoms with Gasteiger partial charge >= 0.3 is 5.97 Å². The molecule has 10 nitrogen and oxygen atoms in total. The molecule has 176 valence electrons. The molecule has 0 aliphatic rings. The number of nitrogens with zero attached hydrogens (tertiary/aromatic N) is 1. The minimum absolute atomic E-state index is 0.0745. The zero-order chi connectivity index (χ0) is 24.0. The predicted molar refractivity (Wildman–Crippen MR) is 123 cm³/mol. The van der Waals surface area contributed by atoms with Crippen LogP contribution in [0, 0.1) is 5.92 Å². The van der Waals surface area contributed by atoms with Crippen LogP contribution in [0.4, 0.5) is 0 Å². The number of amides is 2. The van der Waals surface area contributed by atoms with Crippen molar-refractivity contribution in [2.24, 2.45) is 11.7 Å². The molecule has 10 heteroatoms. The maximum atomic E-state index is 13.1. The standard InChI is InChI=1S/C23H30N6O4/c1-3-13(2)20(24)22(31)28-18(9-15-11-25-12-27-15)21(30)29-19(23(32)33)8-14-10-26-17-7-5-4-6-16(14)17/h4-7,10-13,18-20,26H,3,8-9,24H2,1-2H3,(H,25,27)(H,28,31)(H,29,30)(H,32,33)/t13-,18-,19-,20-/m0/s1. The SMILES string of the molecule is CC[C@H](C)[C@H](N)C(=O)N[C@@H](Cc1cnc[nH]1)C(=O)N[C@@H](Cc1c[nH]c2ccccc12)C(=O)O. The molecule has 0 aliphatic heterocycles. The summed E-state index contributed by atoms with van der Waals surface area (Å²) >= 11 is 0. The maximum Gasteiger partial charge on any atom is 0.326 e. The smallest absolute Gasteiger partial charge is 0.326 e. The van der Waals surface area contributed by atoms with Crippen LogP contribution in [0.5, 0.6) is 0 Å². The van der Waals surface area contributed by atoms with E-state index in [1.807, 2.05) is 38.1 Å². The second kappa shape index (κ2) is 10.8. The Morgan fingerprint density at radius 3 is 2.48 bits per heavy atom. The Labute approximate surface area is 191 Å². The largest absolute Gasteiger partial charge is 0.480 e. The first-order chi connectivity index (χ1) is 15.8. The maximum absolute atomic E-state index is 13.1. The van der Waals surface area contributed by atoms with Gasteiger partial charge in [0.15, 0.2) is 0 Å². The minimum Gasteiger partial charge on any atom is -0.480 e. The highest BCUT2D eigenvalue weighted by molar-refractivity contribution is 5.92. The van der Waals surface area contributed by atoms with Crippen molar-refractivity contribution < 1.29 is 19.5 Å². The molecule has 2 amide bonds. The molecular formula is C23H30N6O4. The van der Waals surface area contributed by atoms with Gasteiger partial charge in [0.1, 0.15) is 12.1 Å². The summed E-state index contributed by atoms with van der Waals surface area (Å²) in [7, 11) is 0. The van der Waals surface area contributed by atoms with E-state index in [0.717, 1.165) is 16.5 Å². The molecule has 3 aromatic rings. The van der Waals surface area contributed by atoms with Crippen LogP contribution in [-0.4, -0.2) is 56.0 Å². The number of hydrogen-bond acceptors (Lipinski definition) is 5. The van der Waals surface area contributed by atoms with Gasteiger partial charge in [0, 0.05) is 41.8 Å². The monoisotopic (exact) mass is 454 g/mol. The molecule has 4 atom stereocenters. The molecule has 2 aromatic heterocycles. The molecule has 0 spiro atoms. The quantitative estimate of drug-likeness (QED) is 0.254. The zero-order valence-electron chi connectivity index (χ0n) is 18.7. The second-order valence-corrected chi connectivity index (χ2v) is 8.22. The normalized spacial score (nSPS) is 14.9. The number of aromatic amines is 2. The summed E-state index contributed by atoms with van der Waals surface area (Å²) < 4.78 is 0. The van der Waals surface area contributed by atoms with Crippen molar-refractivity contribution in [1.82, 2.24) is 25.6 Å². The number of hydrogen-bond donors (Lipinski definition) is 6. The number of carboxylic acid groups (broad SMARTS) is 1. The lowest BCUT2D eigenvalue weighted by Crippen LogP contribution is -2.56. The fraction of sp³-hybridized carbons (Fsp3) is 0.391. The van der Waals surface area contributed by atoms with Crippen molar-refractivity contribution in [1.29, 1.82) is 0 Å². The Morgan fingerprint density at radius 2 is 1.82 bits per heavy atom. The van der Waals surface area contributed by atoms with Crippen LogP contribution in [0.25, 0.3) is 10.9 Å². The van der Waals surface area contributed by atoms with E-state index in [9.17, 15) is 19.5 Å². The summed E-state index contributed by atoms with van der Waals surface area (Å²) in [6, 6.07) is 4.55. The number of aromatic nitrogens is 3. The number of benzene rings is 1. The van der Waals surface area contributed by atoms with Crippen LogP contribution in [0.3, 0.4) is 0 Å². The highest BCUT2D eigenvalue weighted by Gasteiger charge is 2.30. The van der Waals surface area contributed by atoms with Crippen molar-refractivity contribution in [3.05, 3.63) is 54.2 Å². The number of nitrogens with one attached hydrogen (secondary N) is 4. The van der Waals surface area contributed by atoms with E-state index in [1.54, 1.807) is 12.4 Å². The van der Waals surface area contributed by atoms with E-state index in [2.05, 4.69) is 25.6 Å². The van der Waals surface area contributed by atoms with E-state index >= 15 is 0 Å². The topological polar surface area (TPSA) is 166 Å². The van der Waals surface area contributed by atoms with Gasteiger partial charge < -0.3 is 31.4 Å². The molecular weight excluding hydrogens is 424 g/mol. The van der Waals surface area contributed by atoms with Gasteiger partial charge in [-0.05, 0) is 17.5 Å². The fourth-order valence-corrected chi connectivity index (χ4v) is 3.60.